The van der Waals surface area contributed by atoms with E-state index < -0.39 is 48.1 Å². The minimum atomic E-state index is -0.832. The largest absolute Gasteiger partial charge is 0.392 e. The van der Waals surface area contributed by atoms with Crippen molar-refractivity contribution in [2.45, 2.75) is 102 Å². The maximum absolute atomic E-state index is 11.5. The van der Waals surface area contributed by atoms with Crippen LogP contribution in [0.4, 0.5) is 11.4 Å². The molecular weight excluding hydrogens is 548 g/mol. The van der Waals surface area contributed by atoms with Gasteiger partial charge in [0.25, 0.3) is 0 Å². The van der Waals surface area contributed by atoms with Gasteiger partial charge in [-0.15, -0.1) is 0 Å². The standard InChI is InChI=1S/C38H52N2O4/c1-7-9-19-39-27-17-13-11-15-25(27)37(3,4)29(39)21-23-33(41)31(34(23)42)32-35(43)24(36(32)44)22-30-38(5,6)26-16-12-14-18-28(26)40(30)20-10-8-2/h11-18,21-24,31-36,41-44H,7-10,19-20H2,1-6H3. The molecule has 6 rings (SSSR count). The topological polar surface area (TPSA) is 87.4 Å². The van der Waals surface area contributed by atoms with Crippen molar-refractivity contribution >= 4 is 11.4 Å². The lowest BCUT2D eigenvalue weighted by molar-refractivity contribution is -0.239. The molecule has 4 aliphatic rings. The third-order valence-corrected chi connectivity index (χ3v) is 11.4. The van der Waals surface area contributed by atoms with E-state index in [1.807, 2.05) is 0 Å². The summed E-state index contributed by atoms with van der Waals surface area (Å²) in [4.78, 5) is 4.71. The van der Waals surface area contributed by atoms with E-state index in [0.717, 1.165) is 50.2 Å². The molecular formula is C38H52N2O4. The number of allylic oxidation sites excluding steroid dienone is 2. The highest BCUT2D eigenvalue weighted by molar-refractivity contribution is 5.71. The number of rotatable bonds is 9. The molecule has 2 aliphatic heterocycles. The Labute approximate surface area is 263 Å². The molecule has 0 amide bonds. The fourth-order valence-electron chi connectivity index (χ4n) is 8.61. The molecule has 2 saturated carbocycles. The van der Waals surface area contributed by atoms with Gasteiger partial charge < -0.3 is 30.2 Å². The molecule has 6 heteroatoms. The average molecular weight is 601 g/mol. The highest BCUT2D eigenvalue weighted by Gasteiger charge is 2.62. The summed E-state index contributed by atoms with van der Waals surface area (Å²) in [5.41, 5.74) is 6.63. The monoisotopic (exact) mass is 600 g/mol. The van der Waals surface area contributed by atoms with Gasteiger partial charge in [-0.1, -0.05) is 103 Å². The molecule has 0 radical (unpaired) electrons. The molecule has 2 aromatic rings. The fourth-order valence-corrected chi connectivity index (χ4v) is 8.61. The highest BCUT2D eigenvalue weighted by Crippen LogP contribution is 2.55. The zero-order chi connectivity index (χ0) is 31.6. The summed E-state index contributed by atoms with van der Waals surface area (Å²) >= 11 is 0. The van der Waals surface area contributed by atoms with Gasteiger partial charge in [0, 0.05) is 70.4 Å². The van der Waals surface area contributed by atoms with E-state index in [1.54, 1.807) is 0 Å². The number of fused-ring (bicyclic) bond motifs is 2. The smallest absolute Gasteiger partial charge is 0.0686 e. The molecule has 4 unspecified atom stereocenters. The van der Waals surface area contributed by atoms with Gasteiger partial charge >= 0.3 is 0 Å². The Kier molecular flexibility index (Phi) is 8.28. The molecule has 0 bridgehead atoms. The average Bonchev–Trinajstić information content (AvgIpc) is 3.36. The number of aliphatic hydroxyl groups excluding tert-OH is 4. The van der Waals surface area contributed by atoms with E-state index in [2.05, 4.69) is 112 Å². The van der Waals surface area contributed by atoms with Crippen LogP contribution in [0, 0.1) is 23.7 Å². The Morgan fingerprint density at radius 3 is 1.27 bits per heavy atom. The van der Waals surface area contributed by atoms with Crippen LogP contribution < -0.4 is 9.80 Å². The van der Waals surface area contributed by atoms with Crippen molar-refractivity contribution in [2.75, 3.05) is 22.9 Å². The Morgan fingerprint density at radius 1 is 0.591 bits per heavy atom. The third kappa shape index (κ3) is 4.67. The summed E-state index contributed by atoms with van der Waals surface area (Å²) in [6.45, 7) is 15.0. The van der Waals surface area contributed by atoms with E-state index in [9.17, 15) is 20.4 Å². The van der Waals surface area contributed by atoms with Gasteiger partial charge in [0.15, 0.2) is 0 Å². The minimum Gasteiger partial charge on any atom is -0.392 e. The predicted octanol–water partition coefficient (Wildman–Crippen LogP) is 5.89. The Balaban J connectivity index is 1.22. The van der Waals surface area contributed by atoms with Crippen LogP contribution in [0.25, 0.3) is 0 Å². The molecule has 4 atom stereocenters. The van der Waals surface area contributed by atoms with Crippen LogP contribution in [0.5, 0.6) is 0 Å². The van der Waals surface area contributed by atoms with Crippen LogP contribution in [0.1, 0.15) is 78.4 Å². The van der Waals surface area contributed by atoms with Crippen LogP contribution in [-0.2, 0) is 10.8 Å². The molecule has 4 N–H and O–H groups in total. The van der Waals surface area contributed by atoms with Gasteiger partial charge in [-0.3, -0.25) is 0 Å². The lowest BCUT2D eigenvalue weighted by atomic mass is 9.52. The third-order valence-electron chi connectivity index (χ3n) is 11.4. The van der Waals surface area contributed by atoms with Crippen molar-refractivity contribution < 1.29 is 20.4 Å². The van der Waals surface area contributed by atoms with E-state index in [4.69, 9.17) is 0 Å². The van der Waals surface area contributed by atoms with Crippen molar-refractivity contribution in [2.24, 2.45) is 23.7 Å². The van der Waals surface area contributed by atoms with Crippen molar-refractivity contribution in [1.29, 1.82) is 0 Å². The number of nitrogens with zero attached hydrogens (tertiary/aromatic N) is 2. The van der Waals surface area contributed by atoms with Crippen LogP contribution in [-0.4, -0.2) is 57.9 Å². The lowest BCUT2D eigenvalue weighted by Crippen LogP contribution is -2.68. The molecule has 6 nitrogen and oxygen atoms in total. The fraction of sp³-hybridized carbons (Fsp3) is 0.579. The SMILES string of the molecule is CCCCN1C(=CC2C(O)C(C3C(O)C(C=C4N(CCCC)c5ccccc5C4(C)C)C3O)C2O)C(C)(C)c2ccccc21. The molecule has 2 fully saturated rings. The molecule has 0 aromatic heterocycles. The second kappa shape index (κ2) is 11.6. The van der Waals surface area contributed by atoms with Crippen LogP contribution >= 0.6 is 0 Å². The van der Waals surface area contributed by atoms with Crippen LogP contribution in [0.15, 0.2) is 72.1 Å². The Hall–Kier alpha value is -2.64. The summed E-state index contributed by atoms with van der Waals surface area (Å²) in [6.07, 6.45) is 5.08. The summed E-state index contributed by atoms with van der Waals surface area (Å²) in [6, 6.07) is 17.0. The van der Waals surface area contributed by atoms with Gasteiger partial charge in [0.1, 0.15) is 0 Å². The first-order chi connectivity index (χ1) is 21.0. The van der Waals surface area contributed by atoms with Crippen LogP contribution in [0.2, 0.25) is 0 Å². The van der Waals surface area contributed by atoms with E-state index in [-0.39, 0.29) is 10.8 Å². The van der Waals surface area contributed by atoms with Gasteiger partial charge in [-0.25, -0.2) is 0 Å². The number of aliphatic hydroxyl groups is 4. The van der Waals surface area contributed by atoms with E-state index in [1.165, 1.54) is 22.5 Å². The van der Waals surface area contributed by atoms with Crippen molar-refractivity contribution in [3.8, 4) is 0 Å². The predicted molar refractivity (Wildman–Crippen MR) is 178 cm³/mol. The molecule has 2 heterocycles. The maximum atomic E-state index is 11.5. The zero-order valence-corrected chi connectivity index (χ0v) is 27.3. The number of hydrogen-bond donors (Lipinski definition) is 4. The normalized spacial score (nSPS) is 35.0. The quantitative estimate of drug-likeness (QED) is 0.287. The van der Waals surface area contributed by atoms with E-state index in [0.29, 0.717) is 0 Å². The first-order valence-corrected chi connectivity index (χ1v) is 16.9. The van der Waals surface area contributed by atoms with Crippen molar-refractivity contribution in [1.82, 2.24) is 0 Å². The zero-order valence-electron chi connectivity index (χ0n) is 27.3. The Morgan fingerprint density at radius 2 is 0.932 bits per heavy atom. The maximum Gasteiger partial charge on any atom is 0.0686 e. The molecule has 2 aliphatic carbocycles. The summed E-state index contributed by atoms with van der Waals surface area (Å²) in [5, 5.41) is 45.8. The first-order valence-electron chi connectivity index (χ1n) is 16.9. The van der Waals surface area contributed by atoms with E-state index >= 15 is 0 Å². The number of para-hydroxylation sites is 2. The number of hydrogen-bond acceptors (Lipinski definition) is 6. The van der Waals surface area contributed by atoms with Gasteiger partial charge in [0.2, 0.25) is 0 Å². The van der Waals surface area contributed by atoms with Gasteiger partial charge in [0.05, 0.1) is 24.4 Å². The van der Waals surface area contributed by atoms with Crippen LogP contribution in [0.3, 0.4) is 0 Å². The lowest BCUT2D eigenvalue weighted by Gasteiger charge is -2.58. The number of anilines is 2. The van der Waals surface area contributed by atoms with Gasteiger partial charge in [-0.05, 0) is 36.1 Å². The Bertz CT molecular complexity index is 1300. The minimum absolute atomic E-state index is 0.253. The van der Waals surface area contributed by atoms with Crippen molar-refractivity contribution in [3.05, 3.63) is 83.2 Å². The first kappa shape index (κ1) is 31.3. The summed E-state index contributed by atoms with van der Waals surface area (Å²) in [7, 11) is 0. The molecule has 2 aromatic carbocycles. The molecule has 44 heavy (non-hydrogen) atoms. The second-order valence-corrected chi connectivity index (χ2v) is 14.7. The second-order valence-electron chi connectivity index (χ2n) is 14.7. The molecule has 0 saturated heterocycles. The summed E-state index contributed by atoms with van der Waals surface area (Å²) < 4.78 is 0. The highest BCUT2D eigenvalue weighted by atomic mass is 16.3. The van der Waals surface area contributed by atoms with Crippen molar-refractivity contribution in [3.63, 3.8) is 0 Å². The van der Waals surface area contributed by atoms with Gasteiger partial charge in [-0.2, -0.15) is 0 Å². The number of benzene rings is 2. The summed E-state index contributed by atoms with van der Waals surface area (Å²) in [5.74, 6) is -2.04. The number of unbranched alkanes of at least 4 members (excludes halogenated alkanes) is 2. The molecule has 238 valence electrons. The molecule has 0 spiro atoms.